The van der Waals surface area contributed by atoms with Gasteiger partial charge in [-0.15, -0.1) is 0 Å². The molecule has 0 saturated carbocycles. The number of anilines is 1. The summed E-state index contributed by atoms with van der Waals surface area (Å²) in [6.07, 6.45) is -0.0164. The molecule has 0 radical (unpaired) electrons. The molecule has 2 aliphatic rings. The number of carbonyl (C=O) groups is 2. The highest BCUT2D eigenvalue weighted by atomic mass is 32.1. The lowest BCUT2D eigenvalue weighted by molar-refractivity contribution is -0.138. The minimum atomic E-state index is -1.34. The highest BCUT2D eigenvalue weighted by Crippen LogP contribution is 2.57. The predicted octanol–water partition coefficient (Wildman–Crippen LogP) is 3.56. The summed E-state index contributed by atoms with van der Waals surface area (Å²) in [5, 5.41) is 35.3. The summed E-state index contributed by atoms with van der Waals surface area (Å²) >= 11 is 5.45. The Kier molecular flexibility index (Phi) is 18.2. The second kappa shape index (κ2) is 23.7. The van der Waals surface area contributed by atoms with Crippen molar-refractivity contribution in [1.82, 2.24) is 5.32 Å². The van der Waals surface area contributed by atoms with Gasteiger partial charge in [0.05, 0.1) is 118 Å². The Hall–Kier alpha value is -4.63. The average molecular weight is 831 g/mol. The maximum atomic E-state index is 13.3. The Labute approximate surface area is 341 Å². The number of hydrogen-bond donors (Lipinski definition) is 5. The van der Waals surface area contributed by atoms with Gasteiger partial charge in [-0.25, -0.2) is 4.79 Å². The van der Waals surface area contributed by atoms with Gasteiger partial charge in [0.1, 0.15) is 23.0 Å². The fraction of sp³-hybridized carbons (Fsp3) is 0.475. The smallest absolute Gasteiger partial charge is 0.340 e. The van der Waals surface area contributed by atoms with Crippen LogP contribution in [0.25, 0.3) is 0 Å². The molecule has 0 amide bonds. The molecular formula is C40H50N2O15S. The topological polar surface area (TPSA) is 211 Å². The van der Waals surface area contributed by atoms with Gasteiger partial charge >= 0.3 is 11.9 Å². The highest BCUT2D eigenvalue weighted by Gasteiger charge is 2.53. The van der Waals surface area contributed by atoms with Gasteiger partial charge in [0.15, 0.2) is 10.7 Å². The van der Waals surface area contributed by atoms with E-state index in [1.54, 1.807) is 30.3 Å². The van der Waals surface area contributed by atoms with Crippen molar-refractivity contribution >= 4 is 35.0 Å². The molecule has 0 aromatic heterocycles. The second-order valence-corrected chi connectivity index (χ2v) is 13.1. The van der Waals surface area contributed by atoms with Crippen LogP contribution in [0.5, 0.6) is 23.0 Å². The fourth-order valence-corrected chi connectivity index (χ4v) is 6.22. The van der Waals surface area contributed by atoms with Crippen LogP contribution < -0.4 is 15.4 Å². The number of fused-ring (bicyclic) bond motifs is 6. The van der Waals surface area contributed by atoms with Crippen LogP contribution in [0.3, 0.4) is 0 Å². The van der Waals surface area contributed by atoms with E-state index in [-0.39, 0.29) is 24.5 Å². The van der Waals surface area contributed by atoms with Crippen molar-refractivity contribution < 1.29 is 72.3 Å². The molecule has 0 atom stereocenters. The Balaban J connectivity index is 0.849. The number of thiocarbonyl (C=S) groups is 1. The number of benzene rings is 3. The van der Waals surface area contributed by atoms with Gasteiger partial charge in [-0.3, -0.25) is 4.79 Å². The molecule has 0 bridgehead atoms. The number of ether oxygens (including phenoxy) is 10. The molecule has 0 aliphatic carbocycles. The Bertz CT molecular complexity index is 1740. The van der Waals surface area contributed by atoms with Gasteiger partial charge in [0.2, 0.25) is 0 Å². The number of hydrogen-bond acceptors (Lipinski definition) is 15. The molecule has 3 aromatic rings. The molecular weight excluding hydrogens is 781 g/mol. The molecule has 18 heteroatoms. The first-order valence-electron chi connectivity index (χ1n) is 18.9. The number of nitrogens with one attached hydrogen (secondary N) is 2. The maximum Gasteiger partial charge on any atom is 0.340 e. The van der Waals surface area contributed by atoms with Crippen LogP contribution in [0.1, 0.15) is 33.5 Å². The number of carboxylic acid groups (broad SMARTS) is 1. The Morgan fingerprint density at radius 2 is 1.03 bits per heavy atom. The van der Waals surface area contributed by atoms with E-state index in [1.165, 1.54) is 24.3 Å². The summed E-state index contributed by atoms with van der Waals surface area (Å²) in [7, 11) is 0. The number of esters is 1. The first-order valence-corrected chi connectivity index (χ1v) is 19.3. The summed E-state index contributed by atoms with van der Waals surface area (Å²) in [5.74, 6) is -0.838. The molecule has 0 unspecified atom stereocenters. The third-order valence-corrected chi connectivity index (χ3v) is 8.87. The van der Waals surface area contributed by atoms with E-state index < -0.39 is 17.5 Å². The van der Waals surface area contributed by atoms with Crippen LogP contribution in [0.15, 0.2) is 54.6 Å². The minimum absolute atomic E-state index is 0.0152. The zero-order valence-corrected chi connectivity index (χ0v) is 32.9. The SMILES string of the molecule is O=C(O)CCOCCOCCOCCOCCOCCOCCOCCOCCNC(=S)Nc1ccc2c(c1)C(=O)OC21c2ccc(O)cc2Oc2cc(O)ccc21. The molecule has 0 saturated heterocycles. The maximum absolute atomic E-state index is 13.3. The normalized spacial score (nSPS) is 13.3. The van der Waals surface area contributed by atoms with Crippen molar-refractivity contribution in [2.75, 3.05) is 118 Å². The molecule has 17 nitrogen and oxygen atoms in total. The predicted molar refractivity (Wildman–Crippen MR) is 211 cm³/mol. The molecule has 0 fully saturated rings. The first-order chi connectivity index (χ1) is 28.3. The quantitative estimate of drug-likeness (QED) is 0.0402. The molecule has 58 heavy (non-hydrogen) atoms. The van der Waals surface area contributed by atoms with Gasteiger partial charge in [0.25, 0.3) is 0 Å². The summed E-state index contributed by atoms with van der Waals surface area (Å²) in [6.45, 7) is 7.00. The van der Waals surface area contributed by atoms with E-state index in [0.717, 1.165) is 0 Å². The van der Waals surface area contributed by atoms with Crippen molar-refractivity contribution in [2.24, 2.45) is 0 Å². The van der Waals surface area contributed by atoms with Crippen LogP contribution >= 0.6 is 12.2 Å². The summed E-state index contributed by atoms with van der Waals surface area (Å²) in [5.41, 5.74) is 1.27. The van der Waals surface area contributed by atoms with Crippen LogP contribution in [0.4, 0.5) is 5.69 Å². The standard InChI is InChI=1S/C40H50N2O15S/c43-29-2-5-33-35(26-29)56-36-27-30(44)3-6-34(36)40(33)32-4-1-28(25-31(32)38(47)57-40)42-39(58)41-8-10-49-12-14-51-16-18-53-20-22-55-24-23-54-21-19-52-17-15-50-13-11-48-9-7-37(45)46/h1-6,25-27,43-44H,7-24H2,(H,45,46)(H2,41,42,58). The van der Waals surface area contributed by atoms with E-state index in [1.807, 2.05) is 0 Å². The molecule has 1 spiro atoms. The number of aromatic hydroxyl groups is 2. The van der Waals surface area contributed by atoms with Crippen LogP contribution in [-0.4, -0.2) is 145 Å². The third kappa shape index (κ3) is 13.2. The summed E-state index contributed by atoms with van der Waals surface area (Å²) in [4.78, 5) is 23.7. The lowest BCUT2D eigenvalue weighted by Gasteiger charge is -2.36. The lowest BCUT2D eigenvalue weighted by atomic mass is 9.77. The monoisotopic (exact) mass is 830 g/mol. The van der Waals surface area contributed by atoms with Crippen molar-refractivity contribution in [3.05, 3.63) is 76.9 Å². The fourth-order valence-electron chi connectivity index (χ4n) is 6.00. The Morgan fingerprint density at radius 3 is 1.50 bits per heavy atom. The van der Waals surface area contributed by atoms with Crippen molar-refractivity contribution in [3.8, 4) is 23.0 Å². The molecule has 5 N–H and O–H groups in total. The van der Waals surface area contributed by atoms with Gasteiger partial charge < -0.3 is 73.3 Å². The van der Waals surface area contributed by atoms with E-state index in [4.69, 9.17) is 64.7 Å². The van der Waals surface area contributed by atoms with E-state index in [9.17, 15) is 19.8 Å². The number of carbonyl (C=O) groups excluding carboxylic acids is 1. The average Bonchev–Trinajstić information content (AvgIpc) is 3.48. The van der Waals surface area contributed by atoms with Crippen LogP contribution in [0.2, 0.25) is 0 Å². The number of rotatable bonds is 28. The van der Waals surface area contributed by atoms with Gasteiger partial charge in [-0.05, 0) is 48.6 Å². The molecule has 5 rings (SSSR count). The number of phenolic OH excluding ortho intramolecular Hbond substituents is 2. The van der Waals surface area contributed by atoms with E-state index >= 15 is 0 Å². The largest absolute Gasteiger partial charge is 0.508 e. The number of carboxylic acids is 1. The summed E-state index contributed by atoms with van der Waals surface area (Å²) < 4.78 is 55.6. The van der Waals surface area contributed by atoms with Gasteiger partial charge in [0, 0.05) is 41.1 Å². The summed E-state index contributed by atoms with van der Waals surface area (Å²) in [6, 6.07) is 14.5. The van der Waals surface area contributed by atoms with Crippen molar-refractivity contribution in [3.63, 3.8) is 0 Å². The van der Waals surface area contributed by atoms with Crippen molar-refractivity contribution in [2.45, 2.75) is 12.0 Å². The van der Waals surface area contributed by atoms with Gasteiger partial charge in [-0.1, -0.05) is 6.07 Å². The minimum Gasteiger partial charge on any atom is -0.508 e. The number of aliphatic carboxylic acids is 1. The second-order valence-electron chi connectivity index (χ2n) is 12.7. The molecule has 2 heterocycles. The zero-order chi connectivity index (χ0) is 41.0. The molecule has 2 aliphatic heterocycles. The van der Waals surface area contributed by atoms with E-state index in [0.29, 0.717) is 150 Å². The van der Waals surface area contributed by atoms with Crippen molar-refractivity contribution in [1.29, 1.82) is 0 Å². The lowest BCUT2D eigenvalue weighted by Crippen LogP contribution is -2.33. The molecule has 3 aromatic carbocycles. The van der Waals surface area contributed by atoms with Crippen LogP contribution in [0, 0.1) is 0 Å². The first kappa shape index (κ1) is 44.5. The molecule has 316 valence electrons. The number of phenols is 2. The third-order valence-electron chi connectivity index (χ3n) is 8.63. The zero-order valence-electron chi connectivity index (χ0n) is 32.1. The Morgan fingerprint density at radius 1 is 0.603 bits per heavy atom. The van der Waals surface area contributed by atoms with Crippen LogP contribution in [-0.2, 0) is 53.0 Å². The van der Waals surface area contributed by atoms with E-state index in [2.05, 4.69) is 10.6 Å². The highest BCUT2D eigenvalue weighted by molar-refractivity contribution is 7.80. The van der Waals surface area contributed by atoms with Gasteiger partial charge in [-0.2, -0.15) is 0 Å².